The molecule has 5 nitrogen and oxygen atoms in total. The average Bonchev–Trinajstić information content (AvgIpc) is 3.17. The molecule has 0 radical (unpaired) electrons. The summed E-state index contributed by atoms with van der Waals surface area (Å²) in [6, 6.07) is 6.19. The molecule has 1 saturated heterocycles. The summed E-state index contributed by atoms with van der Waals surface area (Å²) in [4.78, 5) is 27.8. The van der Waals surface area contributed by atoms with Crippen LogP contribution in [-0.2, 0) is 0 Å². The van der Waals surface area contributed by atoms with Gasteiger partial charge in [-0.2, -0.15) is 0 Å². The van der Waals surface area contributed by atoms with Crippen molar-refractivity contribution in [3.8, 4) is 0 Å². The van der Waals surface area contributed by atoms with Gasteiger partial charge in [-0.05, 0) is 44.9 Å². The number of amides is 1. The highest BCUT2D eigenvalue weighted by molar-refractivity contribution is 7.13. The minimum atomic E-state index is 0.122. The topological polar surface area (TPSA) is 61.9 Å². The van der Waals surface area contributed by atoms with Gasteiger partial charge in [0, 0.05) is 36.3 Å². The van der Waals surface area contributed by atoms with Crippen molar-refractivity contribution in [1.29, 1.82) is 0 Å². The zero-order valence-electron chi connectivity index (χ0n) is 13.9. The van der Waals surface area contributed by atoms with Crippen molar-refractivity contribution in [1.82, 2.24) is 19.9 Å². The van der Waals surface area contributed by atoms with Crippen LogP contribution in [0, 0.1) is 13.8 Å². The molecule has 1 atom stereocenters. The number of hydrogen-bond donors (Lipinski definition) is 1. The van der Waals surface area contributed by atoms with E-state index in [2.05, 4.69) is 27.1 Å². The lowest BCUT2D eigenvalue weighted by Gasteiger charge is -2.32. The van der Waals surface area contributed by atoms with E-state index in [0.717, 1.165) is 52.5 Å². The van der Waals surface area contributed by atoms with Crippen molar-refractivity contribution in [2.75, 3.05) is 13.1 Å². The maximum Gasteiger partial charge on any atom is 0.265 e. The molecular formula is C18H20N4OS. The third-order valence-corrected chi connectivity index (χ3v) is 5.72. The van der Waals surface area contributed by atoms with Crippen LogP contribution in [0.2, 0.25) is 0 Å². The van der Waals surface area contributed by atoms with Crippen LogP contribution >= 0.6 is 11.3 Å². The maximum atomic E-state index is 12.9. The molecule has 24 heavy (non-hydrogen) atoms. The van der Waals surface area contributed by atoms with Crippen molar-refractivity contribution in [3.63, 3.8) is 0 Å². The standard InChI is InChI=1S/C18H20N4OS/c1-11-16(24-12(2)20-11)18(23)22-8-4-6-14(10-22)15-9-13-5-3-7-19-17(13)21-15/h3,5,7,9,14H,4,6,8,10H2,1-2H3,(H,19,21)/t14-/m0/s1. The first-order chi connectivity index (χ1) is 11.6. The minimum Gasteiger partial charge on any atom is -0.343 e. The molecule has 1 amide bonds. The van der Waals surface area contributed by atoms with Crippen molar-refractivity contribution in [2.45, 2.75) is 32.6 Å². The lowest BCUT2D eigenvalue weighted by Crippen LogP contribution is -2.39. The Balaban J connectivity index is 1.57. The Morgan fingerprint density at radius 3 is 3.04 bits per heavy atom. The third kappa shape index (κ3) is 2.71. The minimum absolute atomic E-state index is 0.122. The van der Waals surface area contributed by atoms with E-state index < -0.39 is 0 Å². The molecule has 4 rings (SSSR count). The molecule has 1 fully saturated rings. The van der Waals surface area contributed by atoms with Gasteiger partial charge in [-0.3, -0.25) is 4.79 Å². The Labute approximate surface area is 144 Å². The molecule has 124 valence electrons. The van der Waals surface area contributed by atoms with Crippen molar-refractivity contribution in [3.05, 3.63) is 45.7 Å². The molecular weight excluding hydrogens is 320 g/mol. The van der Waals surface area contributed by atoms with Crippen molar-refractivity contribution >= 4 is 28.3 Å². The first-order valence-electron chi connectivity index (χ1n) is 8.29. The van der Waals surface area contributed by atoms with E-state index in [-0.39, 0.29) is 5.91 Å². The van der Waals surface area contributed by atoms with Crippen LogP contribution in [0.15, 0.2) is 24.4 Å². The van der Waals surface area contributed by atoms with Gasteiger partial charge in [-0.25, -0.2) is 9.97 Å². The Bertz CT molecular complexity index is 864. The van der Waals surface area contributed by atoms with Crippen LogP contribution in [0.25, 0.3) is 11.0 Å². The average molecular weight is 340 g/mol. The van der Waals surface area contributed by atoms with Crippen LogP contribution in [-0.4, -0.2) is 38.8 Å². The monoisotopic (exact) mass is 340 g/mol. The van der Waals surface area contributed by atoms with E-state index in [1.165, 1.54) is 17.0 Å². The Kier molecular flexibility index (Phi) is 3.84. The molecule has 4 heterocycles. The largest absolute Gasteiger partial charge is 0.343 e. The second kappa shape index (κ2) is 6.02. The van der Waals surface area contributed by atoms with Gasteiger partial charge in [0.15, 0.2) is 0 Å². The van der Waals surface area contributed by atoms with Gasteiger partial charge < -0.3 is 9.88 Å². The number of hydrogen-bond acceptors (Lipinski definition) is 4. The number of carbonyl (C=O) groups excluding carboxylic acids is 1. The van der Waals surface area contributed by atoms with Crippen molar-refractivity contribution < 1.29 is 4.79 Å². The van der Waals surface area contributed by atoms with E-state index in [1.54, 1.807) is 6.20 Å². The summed E-state index contributed by atoms with van der Waals surface area (Å²) in [5.41, 5.74) is 2.95. The summed E-state index contributed by atoms with van der Waals surface area (Å²) in [6.45, 7) is 5.44. The van der Waals surface area contributed by atoms with Gasteiger partial charge in [0.25, 0.3) is 5.91 Å². The number of aryl methyl sites for hydroxylation is 2. The van der Waals surface area contributed by atoms with E-state index in [4.69, 9.17) is 0 Å². The van der Waals surface area contributed by atoms with Crippen molar-refractivity contribution in [2.24, 2.45) is 0 Å². The number of aromatic nitrogens is 3. The van der Waals surface area contributed by atoms with E-state index >= 15 is 0 Å². The van der Waals surface area contributed by atoms with E-state index in [9.17, 15) is 4.79 Å². The van der Waals surface area contributed by atoms with E-state index in [1.807, 2.05) is 24.8 Å². The molecule has 3 aromatic heterocycles. The van der Waals surface area contributed by atoms with Gasteiger partial charge in [0.05, 0.1) is 10.7 Å². The Hall–Kier alpha value is -2.21. The fourth-order valence-corrected chi connectivity index (χ4v) is 4.38. The number of likely N-dealkylation sites (tertiary alicyclic amines) is 1. The summed E-state index contributed by atoms with van der Waals surface area (Å²) >= 11 is 1.50. The first kappa shape index (κ1) is 15.3. The fraction of sp³-hybridized carbons (Fsp3) is 0.389. The lowest BCUT2D eigenvalue weighted by atomic mass is 9.94. The van der Waals surface area contributed by atoms with E-state index in [0.29, 0.717) is 5.92 Å². The number of H-pyrrole nitrogens is 1. The molecule has 0 bridgehead atoms. The Morgan fingerprint density at radius 1 is 1.42 bits per heavy atom. The quantitative estimate of drug-likeness (QED) is 0.774. The van der Waals surface area contributed by atoms with Gasteiger partial charge in [-0.1, -0.05) is 0 Å². The molecule has 0 aromatic carbocycles. The predicted octanol–water partition coefficient (Wildman–Crippen LogP) is 3.66. The number of nitrogens with zero attached hydrogens (tertiary/aromatic N) is 3. The smallest absolute Gasteiger partial charge is 0.265 e. The molecule has 1 N–H and O–H groups in total. The predicted molar refractivity (Wildman–Crippen MR) is 95.6 cm³/mol. The lowest BCUT2D eigenvalue weighted by molar-refractivity contribution is 0.0710. The zero-order chi connectivity index (χ0) is 16.7. The molecule has 0 unspecified atom stereocenters. The van der Waals surface area contributed by atoms with Crippen LogP contribution < -0.4 is 0 Å². The third-order valence-electron chi connectivity index (χ3n) is 4.66. The second-order valence-corrected chi connectivity index (χ2v) is 7.61. The fourth-order valence-electron chi connectivity index (χ4n) is 3.49. The number of piperidine rings is 1. The number of aromatic amines is 1. The maximum absolute atomic E-state index is 12.9. The summed E-state index contributed by atoms with van der Waals surface area (Å²) in [6.07, 6.45) is 3.92. The number of thiazole rings is 1. The number of fused-ring (bicyclic) bond motifs is 1. The molecule has 1 aliphatic rings. The van der Waals surface area contributed by atoms with Gasteiger partial charge >= 0.3 is 0 Å². The summed E-state index contributed by atoms with van der Waals surface area (Å²) in [7, 11) is 0. The van der Waals surface area contributed by atoms with Crippen LogP contribution in [0.5, 0.6) is 0 Å². The highest BCUT2D eigenvalue weighted by atomic mass is 32.1. The van der Waals surface area contributed by atoms with Crippen LogP contribution in [0.1, 0.15) is 44.8 Å². The van der Waals surface area contributed by atoms with Gasteiger partial charge in [0.2, 0.25) is 0 Å². The van der Waals surface area contributed by atoms with Crippen LogP contribution in [0.4, 0.5) is 0 Å². The van der Waals surface area contributed by atoms with Gasteiger partial charge in [0.1, 0.15) is 10.5 Å². The number of carbonyl (C=O) groups is 1. The zero-order valence-corrected chi connectivity index (χ0v) is 14.7. The first-order valence-corrected chi connectivity index (χ1v) is 9.10. The highest BCUT2D eigenvalue weighted by Gasteiger charge is 2.28. The number of pyridine rings is 1. The molecule has 6 heteroatoms. The highest BCUT2D eigenvalue weighted by Crippen LogP contribution is 2.30. The SMILES string of the molecule is Cc1nc(C)c(C(=O)N2CCC[C@H](c3cc4cccnc4[nH]3)C2)s1. The molecule has 0 saturated carbocycles. The summed E-state index contributed by atoms with van der Waals surface area (Å²) < 4.78 is 0. The second-order valence-electron chi connectivity index (χ2n) is 6.40. The number of rotatable bonds is 2. The van der Waals surface area contributed by atoms with Gasteiger partial charge in [-0.15, -0.1) is 11.3 Å². The normalized spacial score (nSPS) is 18.2. The molecule has 1 aliphatic heterocycles. The molecule has 0 spiro atoms. The number of nitrogens with one attached hydrogen (secondary N) is 1. The Morgan fingerprint density at radius 2 is 2.29 bits per heavy atom. The summed E-state index contributed by atoms with van der Waals surface area (Å²) in [5, 5.41) is 2.08. The van der Waals surface area contributed by atoms with Crippen LogP contribution in [0.3, 0.4) is 0 Å². The molecule has 0 aliphatic carbocycles. The summed E-state index contributed by atoms with van der Waals surface area (Å²) in [5.74, 6) is 0.461. The molecule has 3 aromatic rings.